The van der Waals surface area contributed by atoms with Gasteiger partial charge in [-0.1, -0.05) is 35.5 Å². The van der Waals surface area contributed by atoms with E-state index in [0.29, 0.717) is 21.8 Å². The summed E-state index contributed by atoms with van der Waals surface area (Å²) in [4.78, 5) is 23.0. The molecule has 1 aliphatic heterocycles. The van der Waals surface area contributed by atoms with E-state index >= 15 is 0 Å². The molecule has 5 nitrogen and oxygen atoms in total. The van der Waals surface area contributed by atoms with Crippen LogP contribution in [0.25, 0.3) is 0 Å². The molecule has 0 aliphatic carbocycles. The molecule has 0 N–H and O–H groups in total. The number of carbonyl (C=O) groups is 1. The van der Waals surface area contributed by atoms with Crippen molar-refractivity contribution in [2.24, 2.45) is 5.92 Å². The monoisotopic (exact) mass is 405 g/mol. The molecule has 27 heavy (non-hydrogen) atoms. The van der Waals surface area contributed by atoms with E-state index in [0.717, 1.165) is 44.5 Å². The van der Waals surface area contributed by atoms with Crippen molar-refractivity contribution in [2.75, 3.05) is 26.5 Å². The predicted octanol–water partition coefficient (Wildman–Crippen LogP) is 4.35. The molecule has 144 valence electrons. The first-order chi connectivity index (χ1) is 13.1. The maximum Gasteiger partial charge on any atom is 0.274 e. The number of thioether (sulfide) groups is 1. The second kappa shape index (κ2) is 9.42. The summed E-state index contributed by atoms with van der Waals surface area (Å²) in [6.45, 7) is 1.50. The van der Waals surface area contributed by atoms with E-state index in [1.807, 2.05) is 23.3 Å². The number of nitrogens with zero attached hydrogens (tertiary/aromatic N) is 3. The van der Waals surface area contributed by atoms with Crippen molar-refractivity contribution >= 4 is 29.3 Å². The standard InChI is InChI=1S/C20H24ClN3O2S/c1-26-16-7-5-14(6-8-16)3-4-15-9-11-24(12-10-15)19(25)18-17(21)13-22-20(23-18)27-2/h5-8,13,15H,3-4,9-12H2,1-2H3. The minimum atomic E-state index is -0.0914. The lowest BCUT2D eigenvalue weighted by atomic mass is 9.90. The minimum Gasteiger partial charge on any atom is -0.497 e. The van der Waals surface area contributed by atoms with Crippen LogP contribution in [0.15, 0.2) is 35.6 Å². The molecule has 0 atom stereocenters. The molecule has 3 rings (SSSR count). The summed E-state index contributed by atoms with van der Waals surface area (Å²) in [5.41, 5.74) is 1.64. The fourth-order valence-corrected chi connectivity index (χ4v) is 3.85. The van der Waals surface area contributed by atoms with Gasteiger partial charge in [-0.05, 0) is 55.6 Å². The maximum atomic E-state index is 12.8. The number of ether oxygens (including phenoxy) is 1. The summed E-state index contributed by atoms with van der Waals surface area (Å²) >= 11 is 7.55. The van der Waals surface area contributed by atoms with Crippen LogP contribution in [0.3, 0.4) is 0 Å². The van der Waals surface area contributed by atoms with E-state index in [4.69, 9.17) is 16.3 Å². The maximum absolute atomic E-state index is 12.8. The van der Waals surface area contributed by atoms with Gasteiger partial charge in [0.1, 0.15) is 5.75 Å². The molecule has 0 spiro atoms. The van der Waals surface area contributed by atoms with Crippen LogP contribution in [0.4, 0.5) is 0 Å². The zero-order valence-corrected chi connectivity index (χ0v) is 17.2. The van der Waals surface area contributed by atoms with Crippen molar-refractivity contribution in [1.82, 2.24) is 14.9 Å². The Morgan fingerprint density at radius 3 is 2.63 bits per heavy atom. The van der Waals surface area contributed by atoms with E-state index in [-0.39, 0.29) is 5.91 Å². The number of carbonyl (C=O) groups excluding carboxylic acids is 1. The summed E-state index contributed by atoms with van der Waals surface area (Å²) in [6, 6.07) is 8.26. The molecule has 2 heterocycles. The van der Waals surface area contributed by atoms with Gasteiger partial charge in [-0.2, -0.15) is 0 Å². The molecule has 7 heteroatoms. The van der Waals surface area contributed by atoms with Crippen LogP contribution in [0.2, 0.25) is 5.02 Å². The van der Waals surface area contributed by atoms with Gasteiger partial charge in [0.2, 0.25) is 0 Å². The molecule has 1 fully saturated rings. The van der Waals surface area contributed by atoms with Crippen molar-refractivity contribution in [3.63, 3.8) is 0 Å². The number of aromatic nitrogens is 2. The Balaban J connectivity index is 1.51. The van der Waals surface area contributed by atoms with Crippen LogP contribution in [-0.2, 0) is 6.42 Å². The first-order valence-corrected chi connectivity index (χ1v) is 10.7. The molecule has 2 aromatic rings. The van der Waals surface area contributed by atoms with Crippen LogP contribution in [-0.4, -0.2) is 47.2 Å². The van der Waals surface area contributed by atoms with Gasteiger partial charge in [0, 0.05) is 13.1 Å². The average Bonchev–Trinajstić information content (AvgIpc) is 2.73. The normalized spacial score (nSPS) is 15.0. The zero-order valence-electron chi connectivity index (χ0n) is 15.7. The number of likely N-dealkylation sites (tertiary alicyclic amines) is 1. The number of benzene rings is 1. The van der Waals surface area contributed by atoms with Crippen molar-refractivity contribution < 1.29 is 9.53 Å². The smallest absolute Gasteiger partial charge is 0.274 e. The highest BCUT2D eigenvalue weighted by Crippen LogP contribution is 2.25. The van der Waals surface area contributed by atoms with Crippen LogP contribution in [0.1, 0.15) is 35.3 Å². The third-order valence-corrected chi connectivity index (χ3v) is 5.85. The Morgan fingerprint density at radius 2 is 2.00 bits per heavy atom. The highest BCUT2D eigenvalue weighted by atomic mass is 35.5. The van der Waals surface area contributed by atoms with Crippen molar-refractivity contribution in [3.05, 3.63) is 46.7 Å². The quantitative estimate of drug-likeness (QED) is 0.528. The number of hydrogen-bond donors (Lipinski definition) is 0. The van der Waals surface area contributed by atoms with Crippen LogP contribution >= 0.6 is 23.4 Å². The lowest BCUT2D eigenvalue weighted by Gasteiger charge is -2.32. The van der Waals surface area contributed by atoms with E-state index < -0.39 is 0 Å². The number of aryl methyl sites for hydroxylation is 1. The van der Waals surface area contributed by atoms with Crippen molar-refractivity contribution in [3.8, 4) is 5.75 Å². The third kappa shape index (κ3) is 5.14. The molecule has 1 saturated heterocycles. The molecular formula is C20H24ClN3O2S. The largest absolute Gasteiger partial charge is 0.497 e. The number of piperidine rings is 1. The van der Waals surface area contributed by atoms with Crippen LogP contribution in [0, 0.1) is 5.92 Å². The Kier molecular flexibility index (Phi) is 6.96. The lowest BCUT2D eigenvalue weighted by molar-refractivity contribution is 0.0680. The first-order valence-electron chi connectivity index (χ1n) is 9.09. The molecular weight excluding hydrogens is 382 g/mol. The summed E-state index contributed by atoms with van der Waals surface area (Å²) in [7, 11) is 1.68. The molecule has 0 radical (unpaired) electrons. The second-order valence-electron chi connectivity index (χ2n) is 6.68. The Hall–Kier alpha value is -1.79. The number of rotatable bonds is 6. The van der Waals surface area contributed by atoms with Gasteiger partial charge < -0.3 is 9.64 Å². The van der Waals surface area contributed by atoms with Crippen LogP contribution < -0.4 is 4.74 Å². The van der Waals surface area contributed by atoms with Crippen molar-refractivity contribution in [1.29, 1.82) is 0 Å². The molecule has 1 aromatic heterocycles. The highest BCUT2D eigenvalue weighted by Gasteiger charge is 2.26. The average molecular weight is 406 g/mol. The van der Waals surface area contributed by atoms with Gasteiger partial charge in [-0.3, -0.25) is 4.79 Å². The summed E-state index contributed by atoms with van der Waals surface area (Å²) in [5.74, 6) is 1.43. The molecule has 0 saturated carbocycles. The Morgan fingerprint density at radius 1 is 1.30 bits per heavy atom. The molecule has 1 aliphatic rings. The third-order valence-electron chi connectivity index (χ3n) is 5.01. The van der Waals surface area contributed by atoms with E-state index in [1.54, 1.807) is 7.11 Å². The molecule has 1 amide bonds. The van der Waals surface area contributed by atoms with Crippen LogP contribution in [0.5, 0.6) is 5.75 Å². The highest BCUT2D eigenvalue weighted by molar-refractivity contribution is 7.98. The summed E-state index contributed by atoms with van der Waals surface area (Å²) in [6.07, 6.45) is 7.61. The lowest BCUT2D eigenvalue weighted by Crippen LogP contribution is -2.39. The topological polar surface area (TPSA) is 55.3 Å². The SMILES string of the molecule is COc1ccc(CCC2CCN(C(=O)c3nc(SC)ncc3Cl)CC2)cc1. The van der Waals surface area contributed by atoms with Crippen molar-refractivity contribution in [2.45, 2.75) is 30.8 Å². The van der Waals surface area contributed by atoms with Gasteiger partial charge in [0.05, 0.1) is 18.3 Å². The Labute approximate surface area is 169 Å². The first kappa shape index (κ1) is 20.0. The number of methoxy groups -OCH3 is 1. The molecule has 0 bridgehead atoms. The Bertz CT molecular complexity index is 777. The summed E-state index contributed by atoms with van der Waals surface area (Å²) in [5, 5.41) is 0.886. The van der Waals surface area contributed by atoms with E-state index in [2.05, 4.69) is 22.1 Å². The molecule has 1 aromatic carbocycles. The predicted molar refractivity (Wildman–Crippen MR) is 109 cm³/mol. The second-order valence-corrected chi connectivity index (χ2v) is 7.86. The number of halogens is 1. The van der Waals surface area contributed by atoms with Gasteiger partial charge >= 0.3 is 0 Å². The van der Waals surface area contributed by atoms with Gasteiger partial charge in [0.15, 0.2) is 10.9 Å². The minimum absolute atomic E-state index is 0.0914. The fourth-order valence-electron chi connectivity index (χ4n) is 3.34. The van der Waals surface area contributed by atoms with E-state index in [9.17, 15) is 4.79 Å². The number of hydrogen-bond acceptors (Lipinski definition) is 5. The fraction of sp³-hybridized carbons (Fsp3) is 0.450. The molecule has 0 unspecified atom stereocenters. The summed E-state index contributed by atoms with van der Waals surface area (Å²) < 4.78 is 5.20. The zero-order chi connectivity index (χ0) is 19.2. The van der Waals surface area contributed by atoms with Gasteiger partial charge in [0.25, 0.3) is 5.91 Å². The van der Waals surface area contributed by atoms with Gasteiger partial charge in [-0.15, -0.1) is 0 Å². The van der Waals surface area contributed by atoms with E-state index in [1.165, 1.54) is 23.5 Å². The number of amides is 1. The van der Waals surface area contributed by atoms with Gasteiger partial charge in [-0.25, -0.2) is 9.97 Å².